The van der Waals surface area contributed by atoms with E-state index in [0.717, 1.165) is 38.4 Å². The number of carbonyl (C=O) groups excluding carboxylic acids is 1. The average Bonchev–Trinajstić information content (AvgIpc) is 2.62. The molecule has 0 aliphatic heterocycles. The monoisotopic (exact) mass is 364 g/mol. The zero-order valence-electron chi connectivity index (χ0n) is 16.5. The molecule has 0 spiro atoms. The molecule has 0 aliphatic carbocycles. The summed E-state index contributed by atoms with van der Waals surface area (Å²) in [4.78, 5) is 22.0. The van der Waals surface area contributed by atoms with Gasteiger partial charge < -0.3 is 9.84 Å². The van der Waals surface area contributed by atoms with E-state index in [-0.39, 0.29) is 11.5 Å². The molecule has 26 heavy (non-hydrogen) atoms. The Morgan fingerprint density at radius 1 is 0.846 bits per heavy atom. The predicted molar refractivity (Wildman–Crippen MR) is 107 cm³/mol. The van der Waals surface area contributed by atoms with Crippen LogP contribution in [0.1, 0.15) is 90.9 Å². The molecule has 0 bridgehead atoms. The Kier molecular flexibility index (Phi) is 16.7. The zero-order valence-corrected chi connectivity index (χ0v) is 16.5. The van der Waals surface area contributed by atoms with Gasteiger partial charge in [-0.25, -0.2) is 4.79 Å². The molecule has 0 aromatic heterocycles. The van der Waals surface area contributed by atoms with Crippen molar-refractivity contribution in [2.45, 2.75) is 90.9 Å². The first-order valence-electron chi connectivity index (χ1n) is 9.97. The van der Waals surface area contributed by atoms with E-state index in [9.17, 15) is 9.59 Å². The maximum Gasteiger partial charge on any atom is 0.334 e. The first-order chi connectivity index (χ1) is 12.6. The molecule has 1 N–H and O–H groups in total. The molecule has 0 unspecified atom stereocenters. The molecule has 0 radical (unpaired) electrons. The first-order valence-corrected chi connectivity index (χ1v) is 9.97. The molecular weight excluding hydrogens is 328 g/mol. The van der Waals surface area contributed by atoms with Crippen LogP contribution in [0.4, 0.5) is 0 Å². The van der Waals surface area contributed by atoms with Gasteiger partial charge in [0.15, 0.2) is 0 Å². The highest BCUT2D eigenvalue weighted by Gasteiger charge is 2.04. The van der Waals surface area contributed by atoms with E-state index in [1.54, 1.807) is 0 Å². The Bertz CT molecular complexity index is 461. The maximum absolute atomic E-state index is 11.4. The van der Waals surface area contributed by atoms with E-state index < -0.39 is 5.97 Å². The van der Waals surface area contributed by atoms with Crippen LogP contribution < -0.4 is 0 Å². The van der Waals surface area contributed by atoms with E-state index in [0.29, 0.717) is 6.42 Å². The van der Waals surface area contributed by atoms with Gasteiger partial charge in [0.25, 0.3) is 0 Å². The summed E-state index contributed by atoms with van der Waals surface area (Å²) < 4.78 is 4.79. The van der Waals surface area contributed by atoms with E-state index in [1.165, 1.54) is 45.4 Å². The van der Waals surface area contributed by atoms with Crippen LogP contribution in [0.3, 0.4) is 0 Å². The number of hydrogen-bond acceptors (Lipinski definition) is 3. The number of unbranched alkanes of at least 4 members (excludes halogenated alkanes) is 8. The van der Waals surface area contributed by atoms with Crippen molar-refractivity contribution in [2.24, 2.45) is 0 Å². The van der Waals surface area contributed by atoms with Crippen molar-refractivity contribution in [3.05, 3.63) is 36.1 Å². The third-order valence-electron chi connectivity index (χ3n) is 4.04. The van der Waals surface area contributed by atoms with Gasteiger partial charge in [-0.2, -0.15) is 0 Å². The van der Waals surface area contributed by atoms with Crippen LogP contribution in [0, 0.1) is 0 Å². The summed E-state index contributed by atoms with van der Waals surface area (Å²) >= 11 is 0. The summed E-state index contributed by atoms with van der Waals surface area (Å²) in [6.45, 7) is 3.62. The number of hydrogen-bond donors (Lipinski definition) is 1. The van der Waals surface area contributed by atoms with Gasteiger partial charge >= 0.3 is 11.9 Å². The molecule has 0 saturated carbocycles. The van der Waals surface area contributed by atoms with Crippen molar-refractivity contribution >= 4 is 11.9 Å². The Hall–Kier alpha value is -1.84. The van der Waals surface area contributed by atoms with Crippen molar-refractivity contribution in [3.63, 3.8) is 0 Å². The maximum atomic E-state index is 11.4. The van der Waals surface area contributed by atoms with Crippen molar-refractivity contribution in [1.29, 1.82) is 0 Å². The van der Waals surface area contributed by atoms with Crippen LogP contribution in [0.5, 0.6) is 0 Å². The first kappa shape index (κ1) is 24.2. The molecule has 0 aromatic rings. The second kappa shape index (κ2) is 18.0. The van der Waals surface area contributed by atoms with Gasteiger partial charge in [0, 0.05) is 6.42 Å². The fourth-order valence-corrected chi connectivity index (χ4v) is 2.34. The second-order valence-corrected chi connectivity index (χ2v) is 6.58. The normalized spacial score (nSPS) is 12.2. The molecular formula is C22H36O4. The number of esters is 1. The Morgan fingerprint density at radius 2 is 1.42 bits per heavy atom. The lowest BCUT2D eigenvalue weighted by molar-refractivity contribution is -0.138. The van der Waals surface area contributed by atoms with Gasteiger partial charge in [-0.1, -0.05) is 63.3 Å². The van der Waals surface area contributed by atoms with Crippen LogP contribution in [-0.2, 0) is 14.3 Å². The van der Waals surface area contributed by atoms with E-state index in [4.69, 9.17) is 9.84 Å². The molecule has 0 atom stereocenters. The standard InChI is InChI=1S/C22H36O4/c1-3-4-5-6-7-8-9-10-11-12-13-14-15-16-17-18-21(23)26-19-20(2)22(24)25/h7-8,10-11,19H,3-6,9,12-18H2,1-2H3,(H,24,25)/b8-7-,11-10-,20-19?. The number of carboxylic acid groups (broad SMARTS) is 1. The summed E-state index contributed by atoms with van der Waals surface area (Å²) in [5.74, 6) is -1.44. The van der Waals surface area contributed by atoms with Crippen LogP contribution in [-0.4, -0.2) is 17.0 Å². The molecule has 0 saturated heterocycles. The number of rotatable bonds is 16. The average molecular weight is 365 g/mol. The fourth-order valence-electron chi connectivity index (χ4n) is 2.34. The van der Waals surface area contributed by atoms with Crippen molar-refractivity contribution in [1.82, 2.24) is 0 Å². The SMILES string of the molecule is CCCCC/C=C\C/C=C\CCCCCCCC(=O)OC=C(C)C(=O)O. The summed E-state index contributed by atoms with van der Waals surface area (Å²) in [5, 5.41) is 8.64. The molecule has 4 heteroatoms. The third-order valence-corrected chi connectivity index (χ3v) is 4.04. The fraction of sp³-hybridized carbons (Fsp3) is 0.636. The Balaban J connectivity index is 3.43. The Labute approximate surface area is 159 Å². The minimum absolute atomic E-state index is 0.0263. The summed E-state index contributed by atoms with van der Waals surface area (Å²) in [7, 11) is 0. The van der Waals surface area contributed by atoms with Crippen molar-refractivity contribution < 1.29 is 19.4 Å². The molecule has 0 fully saturated rings. The van der Waals surface area contributed by atoms with Crippen LogP contribution in [0.25, 0.3) is 0 Å². The quantitative estimate of drug-likeness (QED) is 0.114. The van der Waals surface area contributed by atoms with Crippen LogP contribution >= 0.6 is 0 Å². The molecule has 0 aliphatic rings. The third kappa shape index (κ3) is 17.0. The van der Waals surface area contributed by atoms with Crippen LogP contribution in [0.15, 0.2) is 36.1 Å². The summed E-state index contributed by atoms with van der Waals surface area (Å²) in [6.07, 6.45) is 22.9. The zero-order chi connectivity index (χ0) is 19.5. The van der Waals surface area contributed by atoms with Crippen molar-refractivity contribution in [3.8, 4) is 0 Å². The van der Waals surface area contributed by atoms with E-state index >= 15 is 0 Å². The highest BCUT2D eigenvalue weighted by atomic mass is 16.5. The molecule has 4 nitrogen and oxygen atoms in total. The number of aliphatic carboxylic acids is 1. The lowest BCUT2D eigenvalue weighted by Gasteiger charge is -2.01. The van der Waals surface area contributed by atoms with E-state index in [2.05, 4.69) is 31.2 Å². The largest absolute Gasteiger partial charge is 0.478 e. The molecule has 148 valence electrons. The van der Waals surface area contributed by atoms with Gasteiger partial charge in [0.1, 0.15) is 6.26 Å². The minimum Gasteiger partial charge on any atom is -0.478 e. The van der Waals surface area contributed by atoms with Gasteiger partial charge in [0.2, 0.25) is 0 Å². The number of allylic oxidation sites excluding steroid dienone is 4. The molecule has 0 rings (SSSR count). The molecule has 0 amide bonds. The molecule has 0 heterocycles. The number of carbonyl (C=O) groups is 2. The summed E-state index contributed by atoms with van der Waals surface area (Å²) in [6, 6.07) is 0. The van der Waals surface area contributed by atoms with Crippen molar-refractivity contribution in [2.75, 3.05) is 0 Å². The predicted octanol–water partition coefficient (Wildman–Crippen LogP) is 6.33. The lowest BCUT2D eigenvalue weighted by atomic mass is 10.1. The van der Waals surface area contributed by atoms with Gasteiger partial charge in [-0.15, -0.1) is 0 Å². The van der Waals surface area contributed by atoms with E-state index in [1.807, 2.05) is 0 Å². The molecule has 0 aromatic carbocycles. The van der Waals surface area contributed by atoms with Gasteiger partial charge in [-0.05, 0) is 45.4 Å². The highest BCUT2D eigenvalue weighted by molar-refractivity contribution is 5.85. The highest BCUT2D eigenvalue weighted by Crippen LogP contribution is 2.09. The smallest absolute Gasteiger partial charge is 0.334 e. The minimum atomic E-state index is -1.07. The number of carboxylic acids is 1. The second-order valence-electron chi connectivity index (χ2n) is 6.58. The van der Waals surface area contributed by atoms with Gasteiger partial charge in [-0.3, -0.25) is 4.79 Å². The number of ether oxygens (including phenoxy) is 1. The summed E-state index contributed by atoms with van der Waals surface area (Å²) in [5.41, 5.74) is 0.0263. The Morgan fingerprint density at radius 3 is 2.04 bits per heavy atom. The van der Waals surface area contributed by atoms with Crippen LogP contribution in [0.2, 0.25) is 0 Å². The van der Waals surface area contributed by atoms with Gasteiger partial charge in [0.05, 0.1) is 5.57 Å². The lowest BCUT2D eigenvalue weighted by Crippen LogP contribution is -2.02. The topological polar surface area (TPSA) is 63.6 Å².